The number of hydrogen-bond donors (Lipinski definition) is 0. The summed E-state index contributed by atoms with van der Waals surface area (Å²) in [6.07, 6.45) is 1.73. The molecule has 0 amide bonds. The second kappa shape index (κ2) is 5.62. The van der Waals surface area contributed by atoms with Gasteiger partial charge in [-0.1, -0.05) is 12.1 Å². The number of nitro benzene ring substituents is 1. The van der Waals surface area contributed by atoms with E-state index in [1.807, 2.05) is 11.5 Å². The van der Waals surface area contributed by atoms with Crippen LogP contribution < -0.4 is 0 Å². The maximum atomic E-state index is 14.4. The highest BCUT2D eigenvalue weighted by molar-refractivity contribution is 6.15. The Kier molecular flexibility index (Phi) is 3.42. The van der Waals surface area contributed by atoms with Gasteiger partial charge in [0.2, 0.25) is 0 Å². The van der Waals surface area contributed by atoms with E-state index in [2.05, 4.69) is 9.98 Å². The lowest BCUT2D eigenvalue weighted by Crippen LogP contribution is -2.10. The maximum absolute atomic E-state index is 14.4. The lowest BCUT2D eigenvalue weighted by Gasteiger charge is -2.13. The topological polar surface area (TPSA) is 73.3 Å². The van der Waals surface area contributed by atoms with Crippen LogP contribution in [0.25, 0.3) is 5.69 Å². The average molecular weight is 336 g/mol. The molecule has 124 valence electrons. The highest BCUT2D eigenvalue weighted by Crippen LogP contribution is 2.29. The van der Waals surface area contributed by atoms with Crippen LogP contribution >= 0.6 is 0 Å². The summed E-state index contributed by atoms with van der Waals surface area (Å²) in [7, 11) is 0. The van der Waals surface area contributed by atoms with Crippen molar-refractivity contribution in [3.8, 4) is 5.69 Å². The molecule has 0 radical (unpaired) electrons. The SMILES string of the molecule is Cc1cnc2n1-c1ccc([N+](=O)[O-])cc1C(c1ccccc1F)=NC2. The summed E-state index contributed by atoms with van der Waals surface area (Å²) in [6, 6.07) is 10.8. The molecule has 1 aliphatic heterocycles. The molecular formula is C18H13FN4O2. The third-order valence-electron chi connectivity index (χ3n) is 4.21. The third-order valence-corrected chi connectivity index (χ3v) is 4.21. The van der Waals surface area contributed by atoms with Crippen molar-refractivity contribution in [2.45, 2.75) is 13.5 Å². The number of nitrogens with zero attached hydrogens (tertiary/aromatic N) is 4. The lowest BCUT2D eigenvalue weighted by atomic mass is 9.99. The van der Waals surface area contributed by atoms with Crippen molar-refractivity contribution in [1.29, 1.82) is 0 Å². The van der Waals surface area contributed by atoms with Gasteiger partial charge in [0.05, 0.1) is 22.9 Å². The molecule has 0 saturated carbocycles. The zero-order valence-electron chi connectivity index (χ0n) is 13.3. The Morgan fingerprint density at radius 2 is 2.00 bits per heavy atom. The summed E-state index contributed by atoms with van der Waals surface area (Å²) < 4.78 is 16.3. The van der Waals surface area contributed by atoms with E-state index in [4.69, 9.17) is 0 Å². The van der Waals surface area contributed by atoms with Gasteiger partial charge in [-0.25, -0.2) is 9.37 Å². The molecule has 2 heterocycles. The van der Waals surface area contributed by atoms with E-state index in [1.54, 1.807) is 30.5 Å². The van der Waals surface area contributed by atoms with E-state index >= 15 is 0 Å². The second-order valence-corrected chi connectivity index (χ2v) is 5.75. The van der Waals surface area contributed by atoms with Crippen molar-refractivity contribution in [3.63, 3.8) is 0 Å². The molecule has 4 rings (SSSR count). The molecule has 7 heteroatoms. The smallest absolute Gasteiger partial charge is 0.270 e. The molecule has 0 spiro atoms. The Morgan fingerprint density at radius 1 is 1.20 bits per heavy atom. The molecule has 0 unspecified atom stereocenters. The first-order valence-electron chi connectivity index (χ1n) is 7.68. The maximum Gasteiger partial charge on any atom is 0.270 e. The van der Waals surface area contributed by atoms with Gasteiger partial charge in [-0.3, -0.25) is 19.7 Å². The van der Waals surface area contributed by atoms with Crippen molar-refractivity contribution in [2.24, 2.45) is 4.99 Å². The van der Waals surface area contributed by atoms with Gasteiger partial charge >= 0.3 is 0 Å². The molecular weight excluding hydrogens is 323 g/mol. The van der Waals surface area contributed by atoms with Gasteiger partial charge in [0.15, 0.2) is 0 Å². The molecule has 2 aromatic carbocycles. The first kappa shape index (κ1) is 15.2. The van der Waals surface area contributed by atoms with Gasteiger partial charge in [-0.05, 0) is 25.1 Å². The molecule has 0 aliphatic carbocycles. The lowest BCUT2D eigenvalue weighted by molar-refractivity contribution is -0.384. The number of aliphatic imine (C=N–C) groups is 1. The van der Waals surface area contributed by atoms with Crippen molar-refractivity contribution in [1.82, 2.24) is 9.55 Å². The molecule has 1 aromatic heterocycles. The van der Waals surface area contributed by atoms with Gasteiger partial charge in [0, 0.05) is 35.2 Å². The second-order valence-electron chi connectivity index (χ2n) is 5.75. The van der Waals surface area contributed by atoms with E-state index in [0.29, 0.717) is 28.4 Å². The van der Waals surface area contributed by atoms with E-state index in [0.717, 1.165) is 5.69 Å². The van der Waals surface area contributed by atoms with Gasteiger partial charge in [0.1, 0.15) is 11.6 Å². The van der Waals surface area contributed by atoms with Crippen molar-refractivity contribution in [3.05, 3.63) is 87.2 Å². The van der Waals surface area contributed by atoms with Gasteiger partial charge < -0.3 is 0 Å². The van der Waals surface area contributed by atoms with Gasteiger partial charge in [-0.2, -0.15) is 0 Å². The quantitative estimate of drug-likeness (QED) is 0.530. The number of nitro groups is 1. The first-order chi connectivity index (χ1) is 12.1. The van der Waals surface area contributed by atoms with E-state index in [9.17, 15) is 14.5 Å². The van der Waals surface area contributed by atoms with Crippen molar-refractivity contribution < 1.29 is 9.31 Å². The summed E-state index contributed by atoms with van der Waals surface area (Å²) in [5.74, 6) is 0.286. The van der Waals surface area contributed by atoms with Crippen LogP contribution in [-0.4, -0.2) is 20.2 Å². The Bertz CT molecular complexity index is 1040. The van der Waals surface area contributed by atoms with Crippen LogP contribution in [0, 0.1) is 22.9 Å². The minimum absolute atomic E-state index is 0.0657. The fourth-order valence-electron chi connectivity index (χ4n) is 3.07. The molecule has 0 atom stereocenters. The molecule has 3 aromatic rings. The number of rotatable bonds is 2. The molecule has 25 heavy (non-hydrogen) atoms. The summed E-state index contributed by atoms with van der Waals surface area (Å²) in [5, 5.41) is 11.2. The first-order valence-corrected chi connectivity index (χ1v) is 7.68. The van der Waals surface area contributed by atoms with Crippen molar-refractivity contribution in [2.75, 3.05) is 0 Å². The number of imidazole rings is 1. The van der Waals surface area contributed by atoms with Crippen LogP contribution in [0.1, 0.15) is 22.6 Å². The molecule has 6 nitrogen and oxygen atoms in total. The van der Waals surface area contributed by atoms with E-state index in [-0.39, 0.29) is 12.2 Å². The van der Waals surface area contributed by atoms with Gasteiger partial charge in [0.25, 0.3) is 5.69 Å². The standard InChI is InChI=1S/C18H13FN4O2/c1-11-9-20-17-10-21-18(13-4-2-3-5-15(13)19)14-8-12(23(24)25)6-7-16(14)22(11)17/h2-9H,10H2,1H3. The largest absolute Gasteiger partial charge is 0.299 e. The van der Waals surface area contributed by atoms with Crippen LogP contribution in [0.5, 0.6) is 0 Å². The average Bonchev–Trinajstić information content (AvgIpc) is 2.88. The highest BCUT2D eigenvalue weighted by Gasteiger charge is 2.24. The summed E-state index contributed by atoms with van der Waals surface area (Å²) >= 11 is 0. The number of aromatic nitrogens is 2. The molecule has 0 N–H and O–H groups in total. The molecule has 0 saturated heterocycles. The Hall–Kier alpha value is -3.35. The predicted molar refractivity (Wildman–Crippen MR) is 90.7 cm³/mol. The number of benzene rings is 2. The van der Waals surface area contributed by atoms with Crippen LogP contribution in [0.15, 0.2) is 53.7 Å². The summed E-state index contributed by atoms with van der Waals surface area (Å²) in [6.45, 7) is 2.16. The fraction of sp³-hybridized carbons (Fsp3) is 0.111. The molecule has 0 bridgehead atoms. The number of halogens is 1. The number of aryl methyl sites for hydroxylation is 1. The predicted octanol–water partition coefficient (Wildman–Crippen LogP) is 3.58. The molecule has 0 fully saturated rings. The minimum Gasteiger partial charge on any atom is -0.299 e. The summed E-state index contributed by atoms with van der Waals surface area (Å²) in [5.41, 5.74) is 2.74. The van der Waals surface area contributed by atoms with Crippen molar-refractivity contribution >= 4 is 11.4 Å². The fourth-order valence-corrected chi connectivity index (χ4v) is 3.07. The van der Waals surface area contributed by atoms with E-state index in [1.165, 1.54) is 18.2 Å². The Labute approximate surface area is 142 Å². The van der Waals surface area contributed by atoms with Crippen LogP contribution in [0.2, 0.25) is 0 Å². The number of hydrogen-bond acceptors (Lipinski definition) is 4. The normalized spacial score (nSPS) is 12.8. The zero-order chi connectivity index (χ0) is 17.6. The Morgan fingerprint density at radius 3 is 2.76 bits per heavy atom. The zero-order valence-corrected chi connectivity index (χ0v) is 13.3. The highest BCUT2D eigenvalue weighted by atomic mass is 19.1. The number of non-ortho nitro benzene ring substituents is 1. The van der Waals surface area contributed by atoms with Gasteiger partial charge in [-0.15, -0.1) is 0 Å². The van der Waals surface area contributed by atoms with E-state index < -0.39 is 10.7 Å². The van der Waals surface area contributed by atoms with Crippen LogP contribution in [0.3, 0.4) is 0 Å². The Balaban J connectivity index is 2.03. The third kappa shape index (κ3) is 2.40. The monoisotopic (exact) mass is 336 g/mol. The van der Waals surface area contributed by atoms with Crippen LogP contribution in [-0.2, 0) is 6.54 Å². The number of fused-ring (bicyclic) bond motifs is 3. The molecule has 1 aliphatic rings. The minimum atomic E-state index is -0.466. The summed E-state index contributed by atoms with van der Waals surface area (Å²) in [4.78, 5) is 19.6. The van der Waals surface area contributed by atoms with Crippen LogP contribution in [0.4, 0.5) is 10.1 Å².